The van der Waals surface area contributed by atoms with E-state index in [9.17, 15) is 4.39 Å². The second kappa shape index (κ2) is 4.17. The van der Waals surface area contributed by atoms with Crippen LogP contribution in [0.3, 0.4) is 0 Å². The number of hydrogen-bond donors (Lipinski definition) is 1. The van der Waals surface area contributed by atoms with E-state index in [1.165, 1.54) is 6.08 Å². The minimum absolute atomic E-state index is 0.104. The van der Waals surface area contributed by atoms with Crippen LogP contribution in [0.1, 0.15) is 24.0 Å². The maximum Gasteiger partial charge on any atom is 0.171 e. The van der Waals surface area contributed by atoms with E-state index < -0.39 is 5.83 Å². The minimum Gasteiger partial charge on any atom is -0.451 e. The molecule has 0 aliphatic rings. The van der Waals surface area contributed by atoms with Crippen LogP contribution >= 0.6 is 0 Å². The molecule has 0 aliphatic carbocycles. The van der Waals surface area contributed by atoms with Crippen molar-refractivity contribution in [1.82, 2.24) is 0 Å². The van der Waals surface area contributed by atoms with E-state index in [0.717, 1.165) is 5.57 Å². The predicted molar refractivity (Wildman–Crippen MR) is 63.2 cm³/mol. The Morgan fingerprint density at radius 1 is 1.40 bits per heavy atom. The molecule has 1 aromatic heterocycles. The van der Waals surface area contributed by atoms with Crippen LogP contribution < -0.4 is 5.32 Å². The van der Waals surface area contributed by atoms with Gasteiger partial charge < -0.3 is 9.73 Å². The molecule has 15 heavy (non-hydrogen) atoms. The second-order valence-electron chi connectivity index (χ2n) is 3.19. The molecule has 1 aromatic rings. The topological polar surface area (TPSA) is 25.2 Å². The largest absolute Gasteiger partial charge is 0.451 e. The molecule has 0 aliphatic heterocycles. The van der Waals surface area contributed by atoms with Crippen molar-refractivity contribution in [2.75, 3.05) is 12.4 Å². The van der Waals surface area contributed by atoms with Crippen molar-refractivity contribution in [1.29, 1.82) is 0 Å². The van der Waals surface area contributed by atoms with E-state index in [2.05, 4.69) is 25.1 Å². The molecule has 1 N–H and O–H groups in total. The van der Waals surface area contributed by atoms with Crippen LogP contribution in [0.5, 0.6) is 0 Å². The second-order valence-corrected chi connectivity index (χ2v) is 3.19. The molecule has 0 saturated carbocycles. The van der Waals surface area contributed by atoms with Crippen LogP contribution in [0.25, 0.3) is 17.5 Å². The van der Waals surface area contributed by atoms with E-state index in [1.54, 1.807) is 14.0 Å². The first kappa shape index (κ1) is 11.3. The number of halogens is 1. The van der Waals surface area contributed by atoms with Crippen LogP contribution in [0.15, 0.2) is 24.2 Å². The third kappa shape index (κ3) is 1.86. The molecule has 0 amide bonds. The third-order valence-electron chi connectivity index (χ3n) is 2.03. The normalized spacial score (nSPS) is 9.80. The molecule has 0 radical (unpaired) electrons. The first-order valence-electron chi connectivity index (χ1n) is 4.50. The van der Waals surface area contributed by atoms with Crippen LogP contribution in [0.2, 0.25) is 0 Å². The van der Waals surface area contributed by atoms with Gasteiger partial charge in [-0.25, -0.2) is 4.39 Å². The van der Waals surface area contributed by atoms with Gasteiger partial charge in [-0.1, -0.05) is 25.8 Å². The molecule has 2 nitrogen and oxygen atoms in total. The average molecular weight is 207 g/mol. The molecule has 0 bridgehead atoms. The minimum atomic E-state index is -0.617. The number of hydrogen-bond acceptors (Lipinski definition) is 2. The standard InChI is InChI=1S/C12H14FNO/c1-6-9-10(14-5)11(7(2)3)15-12(9)8(4)13/h6,14H,1-2,4H2,3,5H3. The highest BCUT2D eigenvalue weighted by Crippen LogP contribution is 2.36. The molecular weight excluding hydrogens is 193 g/mol. The summed E-state index contributed by atoms with van der Waals surface area (Å²) in [5, 5.41) is 2.94. The van der Waals surface area contributed by atoms with Crippen molar-refractivity contribution >= 4 is 23.2 Å². The summed E-state index contributed by atoms with van der Waals surface area (Å²) in [4.78, 5) is 0. The molecule has 0 unspecified atom stereocenters. The lowest BCUT2D eigenvalue weighted by Gasteiger charge is -2.00. The van der Waals surface area contributed by atoms with E-state index in [-0.39, 0.29) is 5.76 Å². The fraction of sp³-hybridized carbons (Fsp3) is 0.167. The number of rotatable bonds is 4. The predicted octanol–water partition coefficient (Wildman–Crippen LogP) is 3.94. The molecule has 3 heteroatoms. The van der Waals surface area contributed by atoms with Gasteiger partial charge in [-0.15, -0.1) is 0 Å². The zero-order valence-electron chi connectivity index (χ0n) is 8.98. The van der Waals surface area contributed by atoms with Crippen LogP contribution in [0, 0.1) is 0 Å². The lowest BCUT2D eigenvalue weighted by molar-refractivity contribution is 0.520. The monoisotopic (exact) mass is 207 g/mol. The Kier molecular flexibility index (Phi) is 3.14. The summed E-state index contributed by atoms with van der Waals surface area (Å²) in [7, 11) is 1.73. The molecule has 0 atom stereocenters. The lowest BCUT2D eigenvalue weighted by atomic mass is 10.1. The molecule has 1 heterocycles. The van der Waals surface area contributed by atoms with Gasteiger partial charge in [-0.3, -0.25) is 0 Å². The molecule has 0 fully saturated rings. The Balaban J connectivity index is 3.50. The Hall–Kier alpha value is -1.77. The summed E-state index contributed by atoms with van der Waals surface area (Å²) in [6, 6.07) is 0. The fourth-order valence-electron chi connectivity index (χ4n) is 1.39. The number of allylic oxidation sites excluding steroid dienone is 1. The highest BCUT2D eigenvalue weighted by atomic mass is 19.1. The van der Waals surface area contributed by atoms with Gasteiger partial charge >= 0.3 is 0 Å². The molecule has 0 spiro atoms. The molecule has 0 saturated heterocycles. The van der Waals surface area contributed by atoms with E-state index in [1.807, 2.05) is 0 Å². The lowest BCUT2D eigenvalue weighted by Crippen LogP contribution is -1.91. The Morgan fingerprint density at radius 3 is 2.33 bits per heavy atom. The molecule has 80 valence electrons. The van der Waals surface area contributed by atoms with Crippen molar-refractivity contribution in [3.8, 4) is 0 Å². The number of anilines is 1. The van der Waals surface area contributed by atoms with E-state index >= 15 is 0 Å². The average Bonchev–Trinajstić information content (AvgIpc) is 2.55. The Labute approximate surface area is 88.8 Å². The van der Waals surface area contributed by atoms with Gasteiger partial charge in [-0.2, -0.15) is 0 Å². The maximum atomic E-state index is 13.1. The summed E-state index contributed by atoms with van der Waals surface area (Å²) in [6.07, 6.45) is 1.53. The molecule has 1 rings (SSSR count). The Bertz CT molecular complexity index is 429. The zero-order chi connectivity index (χ0) is 11.6. The molecular formula is C12H14FNO. The molecule has 0 aromatic carbocycles. The quantitative estimate of drug-likeness (QED) is 0.809. The van der Waals surface area contributed by atoms with Gasteiger partial charge in [0.15, 0.2) is 17.3 Å². The van der Waals surface area contributed by atoms with Crippen molar-refractivity contribution in [2.24, 2.45) is 0 Å². The van der Waals surface area contributed by atoms with Crippen LogP contribution in [0.4, 0.5) is 10.1 Å². The van der Waals surface area contributed by atoms with Gasteiger partial charge in [0.05, 0.1) is 5.69 Å². The van der Waals surface area contributed by atoms with Crippen molar-refractivity contribution in [3.05, 3.63) is 36.8 Å². The van der Waals surface area contributed by atoms with Crippen LogP contribution in [-0.2, 0) is 0 Å². The zero-order valence-corrected chi connectivity index (χ0v) is 8.98. The Morgan fingerprint density at radius 2 is 2.00 bits per heavy atom. The maximum absolute atomic E-state index is 13.1. The van der Waals surface area contributed by atoms with Gasteiger partial charge in [0, 0.05) is 12.6 Å². The highest BCUT2D eigenvalue weighted by Gasteiger charge is 2.19. The van der Waals surface area contributed by atoms with Crippen molar-refractivity contribution < 1.29 is 8.81 Å². The van der Waals surface area contributed by atoms with Crippen molar-refractivity contribution in [3.63, 3.8) is 0 Å². The summed E-state index contributed by atoms with van der Waals surface area (Å²) < 4.78 is 18.4. The van der Waals surface area contributed by atoms with Gasteiger partial charge in [-0.05, 0) is 12.5 Å². The van der Waals surface area contributed by atoms with E-state index in [0.29, 0.717) is 17.0 Å². The summed E-state index contributed by atoms with van der Waals surface area (Å²) in [6.45, 7) is 12.4. The first-order chi connectivity index (χ1) is 7.02. The van der Waals surface area contributed by atoms with Crippen LogP contribution in [-0.4, -0.2) is 7.05 Å². The number of nitrogens with one attached hydrogen (secondary N) is 1. The summed E-state index contributed by atoms with van der Waals surface area (Å²) in [5.74, 6) is 0.0162. The SMILES string of the molecule is C=Cc1c(C(=C)F)oc(C(=C)C)c1NC. The number of furan rings is 1. The smallest absolute Gasteiger partial charge is 0.171 e. The van der Waals surface area contributed by atoms with Gasteiger partial charge in [0.1, 0.15) is 0 Å². The van der Waals surface area contributed by atoms with Gasteiger partial charge in [0.2, 0.25) is 0 Å². The fourth-order valence-corrected chi connectivity index (χ4v) is 1.39. The highest BCUT2D eigenvalue weighted by molar-refractivity contribution is 5.83. The summed E-state index contributed by atoms with van der Waals surface area (Å²) in [5.41, 5.74) is 1.98. The third-order valence-corrected chi connectivity index (χ3v) is 2.03. The van der Waals surface area contributed by atoms with Gasteiger partial charge in [0.25, 0.3) is 0 Å². The van der Waals surface area contributed by atoms with Crippen molar-refractivity contribution in [2.45, 2.75) is 6.92 Å². The van der Waals surface area contributed by atoms with E-state index in [4.69, 9.17) is 4.42 Å². The first-order valence-corrected chi connectivity index (χ1v) is 4.50. The summed E-state index contributed by atoms with van der Waals surface area (Å²) >= 11 is 0.